The maximum Gasteiger partial charge on any atom is 0.115 e. The minimum Gasteiger partial charge on any atom is -0.508 e. The van der Waals surface area contributed by atoms with E-state index in [1.165, 1.54) is 25.7 Å². The van der Waals surface area contributed by atoms with Crippen molar-refractivity contribution in [1.29, 1.82) is 0 Å². The number of rotatable bonds is 0. The van der Waals surface area contributed by atoms with Crippen molar-refractivity contribution in [3.8, 4) is 11.5 Å². The minimum atomic E-state index is 0.322. The normalized spacial score (nSPS) is 14.5. The molecular weight excluding hydrogens is 380 g/mol. The molecule has 0 aromatic heterocycles. The Balaban J connectivity index is 0.000000137. The van der Waals surface area contributed by atoms with Crippen LogP contribution in [0.5, 0.6) is 11.5 Å². The summed E-state index contributed by atoms with van der Waals surface area (Å²) in [4.78, 5) is 0. The number of para-hydroxylation sites is 2. The maximum absolute atomic E-state index is 8.63. The number of hydrogen-bond donors (Lipinski definition) is 2. The van der Waals surface area contributed by atoms with Crippen LogP contribution in [-0.4, -0.2) is 10.2 Å². The summed E-state index contributed by atoms with van der Waals surface area (Å²) in [6.45, 7) is 0. The van der Waals surface area contributed by atoms with Crippen molar-refractivity contribution in [3.05, 3.63) is 131 Å². The molecule has 0 saturated heterocycles. The van der Waals surface area contributed by atoms with E-state index >= 15 is 0 Å². The van der Waals surface area contributed by atoms with Crippen LogP contribution in [0.3, 0.4) is 0 Å². The van der Waals surface area contributed by atoms with Crippen LogP contribution in [0.4, 0.5) is 0 Å². The molecule has 2 heteroatoms. The molecule has 2 aliphatic carbocycles. The Hall–Kier alpha value is -3.52. The summed E-state index contributed by atoms with van der Waals surface area (Å²) >= 11 is 0. The van der Waals surface area contributed by atoms with Gasteiger partial charge in [0.15, 0.2) is 0 Å². The molecule has 4 aromatic carbocycles. The second-order valence-electron chi connectivity index (χ2n) is 8.07. The Kier molecular flexibility index (Phi) is 6.37. The van der Waals surface area contributed by atoms with Gasteiger partial charge in [0.1, 0.15) is 11.5 Å². The summed E-state index contributed by atoms with van der Waals surface area (Å²) in [5.74, 6) is 0.644. The predicted molar refractivity (Wildman–Crippen MR) is 127 cm³/mol. The summed E-state index contributed by atoms with van der Waals surface area (Å²) < 4.78 is 0. The lowest BCUT2D eigenvalue weighted by atomic mass is 9.77. The first kappa shape index (κ1) is 20.7. The number of hydrogen-bond acceptors (Lipinski definition) is 2. The van der Waals surface area contributed by atoms with Crippen molar-refractivity contribution in [2.75, 3.05) is 0 Å². The molecular formula is C29H28O2. The molecule has 2 aliphatic rings. The minimum absolute atomic E-state index is 0.322. The van der Waals surface area contributed by atoms with Gasteiger partial charge in [-0.25, -0.2) is 0 Å². The highest BCUT2D eigenvalue weighted by atomic mass is 16.3. The van der Waals surface area contributed by atoms with Gasteiger partial charge in [-0.15, -0.1) is 0 Å². The Morgan fingerprint density at radius 3 is 1.16 bits per heavy atom. The lowest BCUT2D eigenvalue weighted by Crippen LogP contribution is -2.20. The van der Waals surface area contributed by atoms with Gasteiger partial charge in [-0.2, -0.15) is 0 Å². The van der Waals surface area contributed by atoms with E-state index in [9.17, 15) is 0 Å². The standard InChI is InChI=1S/C17H16.2C6H6O/c1-3-7-15-13(5-1)9-11-17(15)12-10-14-6-2-4-8-16(14)17;2*7-6-4-2-1-3-5-6/h1-8H,9-12H2;2*1-5,7H. The molecule has 0 radical (unpaired) electrons. The van der Waals surface area contributed by atoms with E-state index in [-0.39, 0.29) is 0 Å². The molecule has 0 bridgehead atoms. The number of fused-ring (bicyclic) bond motifs is 4. The molecule has 6 rings (SSSR count). The van der Waals surface area contributed by atoms with Crippen LogP contribution in [-0.2, 0) is 18.3 Å². The molecule has 2 nitrogen and oxygen atoms in total. The predicted octanol–water partition coefficient (Wildman–Crippen LogP) is 6.65. The molecule has 0 aliphatic heterocycles. The van der Waals surface area contributed by atoms with Gasteiger partial charge < -0.3 is 10.2 Å². The molecule has 0 atom stereocenters. The van der Waals surface area contributed by atoms with Crippen molar-refractivity contribution in [2.45, 2.75) is 31.1 Å². The molecule has 156 valence electrons. The fraction of sp³-hybridized carbons (Fsp3) is 0.172. The molecule has 4 aromatic rings. The summed E-state index contributed by atoms with van der Waals surface area (Å²) in [6.07, 6.45) is 5.13. The topological polar surface area (TPSA) is 40.5 Å². The van der Waals surface area contributed by atoms with Gasteiger partial charge >= 0.3 is 0 Å². The van der Waals surface area contributed by atoms with Crippen LogP contribution >= 0.6 is 0 Å². The van der Waals surface area contributed by atoms with E-state index in [0.29, 0.717) is 16.9 Å². The molecule has 0 saturated carbocycles. The lowest BCUT2D eigenvalue weighted by molar-refractivity contribution is 0.475. The average molecular weight is 409 g/mol. The highest BCUT2D eigenvalue weighted by Gasteiger charge is 2.43. The Morgan fingerprint density at radius 2 is 0.806 bits per heavy atom. The van der Waals surface area contributed by atoms with E-state index < -0.39 is 0 Å². The van der Waals surface area contributed by atoms with Crippen molar-refractivity contribution < 1.29 is 10.2 Å². The fourth-order valence-electron chi connectivity index (χ4n) is 4.77. The number of phenolic OH excluding ortho intramolecular Hbond substituents is 2. The van der Waals surface area contributed by atoms with Crippen LogP contribution in [0, 0.1) is 0 Å². The van der Waals surface area contributed by atoms with Crippen LogP contribution in [0.1, 0.15) is 35.1 Å². The molecule has 0 heterocycles. The molecule has 0 amide bonds. The van der Waals surface area contributed by atoms with E-state index in [1.807, 2.05) is 12.1 Å². The smallest absolute Gasteiger partial charge is 0.115 e. The van der Waals surface area contributed by atoms with Gasteiger partial charge in [-0.3, -0.25) is 0 Å². The molecule has 0 fully saturated rings. The fourth-order valence-corrected chi connectivity index (χ4v) is 4.77. The van der Waals surface area contributed by atoms with E-state index in [1.54, 1.807) is 70.8 Å². The zero-order valence-corrected chi connectivity index (χ0v) is 17.6. The largest absolute Gasteiger partial charge is 0.508 e. The Morgan fingerprint density at radius 1 is 0.452 bits per heavy atom. The van der Waals surface area contributed by atoms with Crippen molar-refractivity contribution >= 4 is 0 Å². The number of phenols is 2. The third-order valence-electron chi connectivity index (χ3n) is 6.22. The SMILES string of the molecule is Oc1ccccc1.Oc1ccccc1.c1ccc2c(c1)CCC21CCc2ccccc21. The summed E-state index contributed by atoms with van der Waals surface area (Å²) in [5.41, 5.74) is 6.70. The molecule has 2 N–H and O–H groups in total. The summed E-state index contributed by atoms with van der Waals surface area (Å²) in [7, 11) is 0. The Labute approximate surface area is 184 Å². The summed E-state index contributed by atoms with van der Waals surface area (Å²) in [6, 6.07) is 35.5. The number of aryl methyl sites for hydroxylation is 2. The van der Waals surface area contributed by atoms with Crippen molar-refractivity contribution in [1.82, 2.24) is 0 Å². The van der Waals surface area contributed by atoms with Gasteiger partial charge in [-0.05, 0) is 72.2 Å². The van der Waals surface area contributed by atoms with E-state index in [4.69, 9.17) is 10.2 Å². The molecule has 0 unspecified atom stereocenters. The first-order chi connectivity index (χ1) is 15.2. The number of aromatic hydroxyl groups is 2. The number of benzene rings is 4. The molecule has 31 heavy (non-hydrogen) atoms. The third-order valence-corrected chi connectivity index (χ3v) is 6.22. The third kappa shape index (κ3) is 4.64. The zero-order chi connectivity index (χ0) is 21.5. The monoisotopic (exact) mass is 408 g/mol. The van der Waals surface area contributed by atoms with Crippen LogP contribution in [0.15, 0.2) is 109 Å². The Bertz CT molecular complexity index is 1010. The van der Waals surface area contributed by atoms with Crippen molar-refractivity contribution in [2.24, 2.45) is 0 Å². The van der Waals surface area contributed by atoms with Gasteiger partial charge in [-0.1, -0.05) is 84.9 Å². The zero-order valence-electron chi connectivity index (χ0n) is 17.6. The van der Waals surface area contributed by atoms with Crippen LogP contribution < -0.4 is 0 Å². The average Bonchev–Trinajstić information content (AvgIpc) is 3.38. The van der Waals surface area contributed by atoms with E-state index in [0.717, 1.165) is 0 Å². The molecule has 1 spiro atoms. The van der Waals surface area contributed by atoms with Gasteiger partial charge in [0.2, 0.25) is 0 Å². The lowest BCUT2D eigenvalue weighted by Gasteiger charge is -2.26. The maximum atomic E-state index is 8.63. The first-order valence-electron chi connectivity index (χ1n) is 10.8. The van der Waals surface area contributed by atoms with E-state index in [2.05, 4.69) is 48.5 Å². The van der Waals surface area contributed by atoms with Crippen LogP contribution in [0.25, 0.3) is 0 Å². The summed E-state index contributed by atoms with van der Waals surface area (Å²) in [5, 5.41) is 17.3. The highest BCUT2D eigenvalue weighted by Crippen LogP contribution is 2.51. The first-order valence-corrected chi connectivity index (χ1v) is 10.8. The highest BCUT2D eigenvalue weighted by molar-refractivity contribution is 5.53. The quantitative estimate of drug-likeness (QED) is 0.342. The second-order valence-corrected chi connectivity index (χ2v) is 8.07. The second kappa shape index (κ2) is 9.53. The van der Waals surface area contributed by atoms with Gasteiger partial charge in [0, 0.05) is 5.41 Å². The van der Waals surface area contributed by atoms with Crippen LogP contribution in [0.2, 0.25) is 0 Å². The van der Waals surface area contributed by atoms with Gasteiger partial charge in [0.05, 0.1) is 0 Å². The van der Waals surface area contributed by atoms with Gasteiger partial charge in [0.25, 0.3) is 0 Å². The van der Waals surface area contributed by atoms with Crippen molar-refractivity contribution in [3.63, 3.8) is 0 Å².